The standard InChI is InChI=1S/C17H15N3O2S/c1-12-7-9-14(10-8-12)22-11-15(21)18-17-20-19-16(23-17)13-5-3-2-4-6-13/h2-10H,11H2,1H3,(H,18,20,21). The number of aryl methyl sites for hydroxylation is 1. The molecule has 0 unspecified atom stereocenters. The number of aromatic nitrogens is 2. The summed E-state index contributed by atoms with van der Waals surface area (Å²) in [5.74, 6) is 0.398. The number of amides is 1. The Morgan fingerprint density at radius 2 is 1.83 bits per heavy atom. The molecule has 0 saturated carbocycles. The molecule has 1 heterocycles. The maximum absolute atomic E-state index is 11.9. The Morgan fingerprint density at radius 1 is 1.09 bits per heavy atom. The van der Waals surface area contributed by atoms with E-state index in [9.17, 15) is 4.79 Å². The van der Waals surface area contributed by atoms with Crippen molar-refractivity contribution in [2.45, 2.75) is 6.92 Å². The van der Waals surface area contributed by atoms with Gasteiger partial charge in [-0.2, -0.15) is 0 Å². The van der Waals surface area contributed by atoms with Crippen LogP contribution in [0.3, 0.4) is 0 Å². The van der Waals surface area contributed by atoms with E-state index in [1.165, 1.54) is 11.3 Å². The van der Waals surface area contributed by atoms with Gasteiger partial charge in [0.05, 0.1) is 0 Å². The van der Waals surface area contributed by atoms with Gasteiger partial charge in [0.15, 0.2) is 6.61 Å². The van der Waals surface area contributed by atoms with Gasteiger partial charge < -0.3 is 4.74 Å². The van der Waals surface area contributed by atoms with Crippen LogP contribution in [0.1, 0.15) is 5.56 Å². The molecule has 6 heteroatoms. The first-order chi connectivity index (χ1) is 11.2. The zero-order chi connectivity index (χ0) is 16.1. The second kappa shape index (κ2) is 7.02. The van der Waals surface area contributed by atoms with Gasteiger partial charge in [-0.25, -0.2) is 0 Å². The highest BCUT2D eigenvalue weighted by Gasteiger charge is 2.10. The topological polar surface area (TPSA) is 64.1 Å². The molecule has 0 aliphatic carbocycles. The zero-order valence-electron chi connectivity index (χ0n) is 12.5. The maximum Gasteiger partial charge on any atom is 0.264 e. The minimum Gasteiger partial charge on any atom is -0.484 e. The predicted octanol–water partition coefficient (Wildman–Crippen LogP) is 3.53. The summed E-state index contributed by atoms with van der Waals surface area (Å²) < 4.78 is 5.43. The van der Waals surface area contributed by atoms with E-state index in [-0.39, 0.29) is 12.5 Å². The number of nitrogens with zero attached hydrogens (tertiary/aromatic N) is 2. The van der Waals surface area contributed by atoms with Crippen molar-refractivity contribution in [3.8, 4) is 16.3 Å². The molecule has 0 radical (unpaired) electrons. The third-order valence-electron chi connectivity index (χ3n) is 3.08. The van der Waals surface area contributed by atoms with Crippen molar-refractivity contribution in [2.75, 3.05) is 11.9 Å². The van der Waals surface area contributed by atoms with Crippen LogP contribution in [0.5, 0.6) is 5.75 Å². The molecule has 0 fully saturated rings. The molecule has 0 aliphatic rings. The Balaban J connectivity index is 1.56. The van der Waals surface area contributed by atoms with Crippen molar-refractivity contribution in [3.05, 3.63) is 60.2 Å². The molecule has 1 N–H and O–H groups in total. The van der Waals surface area contributed by atoms with Crippen LogP contribution >= 0.6 is 11.3 Å². The van der Waals surface area contributed by atoms with E-state index in [1.54, 1.807) is 0 Å². The SMILES string of the molecule is Cc1ccc(OCC(=O)Nc2nnc(-c3ccccc3)s2)cc1. The second-order valence-electron chi connectivity index (χ2n) is 4.93. The van der Waals surface area contributed by atoms with Gasteiger partial charge in [0.25, 0.3) is 5.91 Å². The van der Waals surface area contributed by atoms with Gasteiger partial charge in [-0.3, -0.25) is 10.1 Å². The largest absolute Gasteiger partial charge is 0.484 e. The highest BCUT2D eigenvalue weighted by molar-refractivity contribution is 7.18. The highest BCUT2D eigenvalue weighted by atomic mass is 32.1. The molecule has 23 heavy (non-hydrogen) atoms. The van der Waals surface area contributed by atoms with Gasteiger partial charge in [-0.05, 0) is 19.1 Å². The number of anilines is 1. The third kappa shape index (κ3) is 4.14. The number of nitrogens with one attached hydrogen (secondary N) is 1. The molecule has 1 aromatic heterocycles. The Labute approximate surface area is 138 Å². The van der Waals surface area contributed by atoms with E-state index in [4.69, 9.17) is 4.74 Å². The van der Waals surface area contributed by atoms with Crippen LogP contribution < -0.4 is 10.1 Å². The fraction of sp³-hybridized carbons (Fsp3) is 0.118. The molecular weight excluding hydrogens is 310 g/mol. The van der Waals surface area contributed by atoms with Crippen molar-refractivity contribution in [3.63, 3.8) is 0 Å². The van der Waals surface area contributed by atoms with Crippen molar-refractivity contribution in [1.82, 2.24) is 10.2 Å². The van der Waals surface area contributed by atoms with Crippen LogP contribution in [0, 0.1) is 6.92 Å². The zero-order valence-corrected chi connectivity index (χ0v) is 13.3. The van der Waals surface area contributed by atoms with Crippen LogP contribution in [-0.2, 0) is 4.79 Å². The minimum atomic E-state index is -0.263. The number of hydrogen-bond donors (Lipinski definition) is 1. The molecule has 116 valence electrons. The van der Waals surface area contributed by atoms with Gasteiger partial charge in [0.2, 0.25) is 5.13 Å². The van der Waals surface area contributed by atoms with Crippen LogP contribution in [0.25, 0.3) is 10.6 Å². The predicted molar refractivity (Wildman–Crippen MR) is 90.6 cm³/mol. The first-order valence-corrected chi connectivity index (χ1v) is 7.90. The van der Waals surface area contributed by atoms with Gasteiger partial charge in [0, 0.05) is 5.56 Å². The lowest BCUT2D eigenvalue weighted by Crippen LogP contribution is -2.20. The minimum absolute atomic E-state index is 0.0662. The maximum atomic E-state index is 11.9. The molecule has 1 amide bonds. The quantitative estimate of drug-likeness (QED) is 0.779. The molecule has 3 rings (SSSR count). The van der Waals surface area contributed by atoms with E-state index in [0.29, 0.717) is 10.9 Å². The molecule has 0 saturated heterocycles. The summed E-state index contributed by atoms with van der Waals surface area (Å²) in [6, 6.07) is 17.3. The summed E-state index contributed by atoms with van der Waals surface area (Å²) in [7, 11) is 0. The number of rotatable bonds is 5. The van der Waals surface area contributed by atoms with Crippen LogP contribution in [0.4, 0.5) is 5.13 Å². The molecule has 0 aliphatic heterocycles. The first-order valence-electron chi connectivity index (χ1n) is 7.09. The average Bonchev–Trinajstić information content (AvgIpc) is 3.04. The Bertz CT molecular complexity index is 785. The monoisotopic (exact) mass is 325 g/mol. The average molecular weight is 325 g/mol. The van der Waals surface area contributed by atoms with Crippen LogP contribution in [0.2, 0.25) is 0 Å². The van der Waals surface area contributed by atoms with Gasteiger partial charge >= 0.3 is 0 Å². The van der Waals surface area contributed by atoms with E-state index in [1.807, 2.05) is 61.5 Å². The smallest absolute Gasteiger partial charge is 0.264 e. The summed E-state index contributed by atoms with van der Waals surface area (Å²) in [4.78, 5) is 11.9. The molecule has 0 atom stereocenters. The molecule has 5 nitrogen and oxygen atoms in total. The third-order valence-corrected chi connectivity index (χ3v) is 3.97. The van der Waals surface area contributed by atoms with Crippen molar-refractivity contribution in [2.24, 2.45) is 0 Å². The normalized spacial score (nSPS) is 10.3. The lowest BCUT2D eigenvalue weighted by Gasteiger charge is -2.05. The van der Waals surface area contributed by atoms with Gasteiger partial charge in [0.1, 0.15) is 10.8 Å². The van der Waals surface area contributed by atoms with Crippen molar-refractivity contribution in [1.29, 1.82) is 0 Å². The van der Waals surface area contributed by atoms with Crippen molar-refractivity contribution < 1.29 is 9.53 Å². The fourth-order valence-corrected chi connectivity index (χ4v) is 2.68. The Kier molecular flexibility index (Phi) is 4.63. The number of carbonyl (C=O) groups excluding carboxylic acids is 1. The first kappa shape index (κ1) is 15.2. The lowest BCUT2D eigenvalue weighted by atomic mass is 10.2. The lowest BCUT2D eigenvalue weighted by molar-refractivity contribution is -0.118. The number of carbonyl (C=O) groups is 1. The van der Waals surface area contributed by atoms with E-state index in [0.717, 1.165) is 16.1 Å². The van der Waals surface area contributed by atoms with Crippen molar-refractivity contribution >= 4 is 22.4 Å². The fourth-order valence-electron chi connectivity index (χ4n) is 1.91. The van der Waals surface area contributed by atoms with Crippen LogP contribution in [0.15, 0.2) is 54.6 Å². The summed E-state index contributed by atoms with van der Waals surface area (Å²) in [6.07, 6.45) is 0. The van der Waals surface area contributed by atoms with E-state index >= 15 is 0 Å². The number of hydrogen-bond acceptors (Lipinski definition) is 5. The highest BCUT2D eigenvalue weighted by Crippen LogP contribution is 2.25. The molecule has 2 aromatic carbocycles. The number of benzene rings is 2. The van der Waals surface area contributed by atoms with Gasteiger partial charge in [-0.15, -0.1) is 10.2 Å². The Hall–Kier alpha value is -2.73. The molecular formula is C17H15N3O2S. The van der Waals surface area contributed by atoms with Crippen LogP contribution in [-0.4, -0.2) is 22.7 Å². The molecule has 0 spiro atoms. The molecule has 3 aromatic rings. The van der Waals surface area contributed by atoms with E-state index < -0.39 is 0 Å². The summed E-state index contributed by atoms with van der Waals surface area (Å²) >= 11 is 1.33. The summed E-state index contributed by atoms with van der Waals surface area (Å²) in [5.41, 5.74) is 2.12. The Morgan fingerprint density at radius 3 is 2.57 bits per heavy atom. The summed E-state index contributed by atoms with van der Waals surface area (Å²) in [6.45, 7) is 1.93. The summed E-state index contributed by atoms with van der Waals surface area (Å²) in [5, 5.41) is 12.0. The van der Waals surface area contributed by atoms with Gasteiger partial charge in [-0.1, -0.05) is 59.4 Å². The van der Waals surface area contributed by atoms with E-state index in [2.05, 4.69) is 15.5 Å². The molecule has 0 bridgehead atoms. The number of ether oxygens (including phenoxy) is 1. The second-order valence-corrected chi connectivity index (χ2v) is 5.91.